The van der Waals surface area contributed by atoms with Crippen molar-refractivity contribution in [1.82, 2.24) is 0 Å². The molecule has 0 aromatic rings. The molecule has 2 aliphatic rings. The summed E-state index contributed by atoms with van der Waals surface area (Å²) < 4.78 is 0.635. The van der Waals surface area contributed by atoms with Gasteiger partial charge in [-0.1, -0.05) is 0 Å². The van der Waals surface area contributed by atoms with Crippen LogP contribution in [-0.2, 0) is 0 Å². The number of hydrogen-bond acceptors (Lipinski definition) is 2. The van der Waals surface area contributed by atoms with Crippen molar-refractivity contribution in [2.45, 2.75) is 10.3 Å². The van der Waals surface area contributed by atoms with E-state index in [2.05, 4.69) is 14.7 Å². The Bertz CT molecular complexity index is 184. The van der Waals surface area contributed by atoms with E-state index in [1.54, 1.807) is 0 Å². The first-order chi connectivity index (χ1) is 2.66. The second-order valence-electron chi connectivity index (χ2n) is 1.50. The molecule has 0 amide bonds. The molecule has 0 saturated carbocycles. The predicted molar refractivity (Wildman–Crippen MR) is 38.1 cm³/mol. The summed E-state index contributed by atoms with van der Waals surface area (Å²) >= 11 is 0. The Labute approximate surface area is 47.0 Å². The van der Waals surface area contributed by atoms with E-state index in [0.29, 0.717) is 3.41 Å². The minimum atomic E-state index is -0.322. The van der Waals surface area contributed by atoms with Crippen molar-refractivity contribution in [2.75, 3.05) is 0 Å². The standard InChI is InChI=1S/C2H3PS3/c1-2-4-6(2,3)5-2/h1H3. The molecule has 2 rings (SSSR count). The molecule has 0 bridgehead atoms. The first kappa shape index (κ1) is 4.37. The Morgan fingerprint density at radius 2 is 1.83 bits per heavy atom. The fourth-order valence-corrected chi connectivity index (χ4v) is 13.6. The van der Waals surface area contributed by atoms with E-state index in [0.717, 1.165) is 0 Å². The van der Waals surface area contributed by atoms with Crippen molar-refractivity contribution < 1.29 is 0 Å². The normalized spacial score (nSPS) is 72.7. The van der Waals surface area contributed by atoms with Crippen LogP contribution in [0.15, 0.2) is 0 Å². The van der Waals surface area contributed by atoms with Crippen LogP contribution in [0.3, 0.4) is 0 Å². The Hall–Kier alpha value is 1.48. The topological polar surface area (TPSA) is 0 Å². The third kappa shape index (κ3) is 0.322. The number of hydrogen-bond donors (Lipinski definition) is 0. The zero-order chi connectivity index (χ0) is 4.41. The van der Waals surface area contributed by atoms with Crippen LogP contribution in [0.2, 0.25) is 0 Å². The van der Waals surface area contributed by atoms with Crippen LogP contribution in [0, 0.1) is 0 Å². The fraction of sp³-hybridized carbons (Fsp3) is 1.00. The molecule has 0 atom stereocenters. The van der Waals surface area contributed by atoms with Crippen LogP contribution >= 0.6 is 36.5 Å². The van der Waals surface area contributed by atoms with E-state index in [-0.39, 0.29) is 7.07 Å². The quantitative estimate of drug-likeness (QED) is 0.299. The van der Waals surface area contributed by atoms with Crippen LogP contribution in [-0.4, -0.2) is 3.41 Å². The third-order valence-corrected chi connectivity index (χ3v) is 14.9. The van der Waals surface area contributed by atoms with Crippen molar-refractivity contribution >= 4 is 36.5 Å². The molecule has 6 heavy (non-hydrogen) atoms. The average Bonchev–Trinajstić information content (AvgIpc) is 1.78. The van der Waals surface area contributed by atoms with Crippen molar-refractivity contribution in [2.24, 2.45) is 0 Å². The van der Waals surface area contributed by atoms with E-state index < -0.39 is 0 Å². The monoisotopic (exact) mass is 154 g/mol. The second-order valence-corrected chi connectivity index (χ2v) is 13.8. The second kappa shape index (κ2) is 0.812. The number of fused-ring (bicyclic) bond motifs is 1. The molecular formula is C2H3PS3. The van der Waals surface area contributed by atoms with Gasteiger partial charge in [0.25, 0.3) is 0 Å². The molecule has 0 nitrogen and oxygen atoms in total. The Balaban J connectivity index is 2.65. The minimum absolute atomic E-state index is 0.322. The fourth-order valence-electron chi connectivity index (χ4n) is 0.383. The van der Waals surface area contributed by atoms with Crippen LogP contribution in [0.5, 0.6) is 0 Å². The van der Waals surface area contributed by atoms with Crippen molar-refractivity contribution in [3.8, 4) is 0 Å². The molecule has 0 radical (unpaired) electrons. The van der Waals surface area contributed by atoms with Crippen LogP contribution in [0.25, 0.3) is 0 Å². The van der Waals surface area contributed by atoms with Crippen LogP contribution < -0.4 is 0 Å². The molecule has 0 aromatic carbocycles. The van der Waals surface area contributed by atoms with Gasteiger partial charge in [-0.05, 0) is 0 Å². The molecule has 0 aliphatic carbocycles. The molecule has 2 saturated heterocycles. The maximum absolute atomic E-state index is 4.40. The van der Waals surface area contributed by atoms with Crippen molar-refractivity contribution in [1.29, 1.82) is 0 Å². The first-order valence-electron chi connectivity index (χ1n) is 1.63. The zero-order valence-electron chi connectivity index (χ0n) is 3.17. The van der Waals surface area contributed by atoms with Crippen molar-refractivity contribution in [3.63, 3.8) is 0 Å². The summed E-state index contributed by atoms with van der Waals surface area (Å²) in [5, 5.41) is 0. The van der Waals surface area contributed by atoms with E-state index in [4.69, 9.17) is 0 Å². The van der Waals surface area contributed by atoms with Gasteiger partial charge in [0, 0.05) is 0 Å². The Morgan fingerprint density at radius 3 is 1.83 bits per heavy atom. The van der Waals surface area contributed by atoms with Crippen LogP contribution in [0.4, 0.5) is 0 Å². The van der Waals surface area contributed by atoms with E-state index >= 15 is 0 Å². The van der Waals surface area contributed by atoms with E-state index in [9.17, 15) is 0 Å². The summed E-state index contributed by atoms with van der Waals surface area (Å²) in [6.45, 7) is 2.27. The number of rotatable bonds is 0. The van der Waals surface area contributed by atoms with Gasteiger partial charge in [-0.25, -0.2) is 0 Å². The zero-order valence-corrected chi connectivity index (χ0v) is 6.52. The summed E-state index contributed by atoms with van der Waals surface area (Å²) in [7, 11) is 8.15. The predicted octanol–water partition coefficient (Wildman–Crippen LogP) is 3.11. The van der Waals surface area contributed by atoms with Gasteiger partial charge in [0.05, 0.1) is 0 Å². The molecule has 2 fully saturated rings. The molecule has 2 aliphatic heterocycles. The third-order valence-electron chi connectivity index (χ3n) is 0.944. The van der Waals surface area contributed by atoms with Crippen molar-refractivity contribution in [3.05, 3.63) is 0 Å². The van der Waals surface area contributed by atoms with Gasteiger partial charge >= 0.3 is 46.8 Å². The first-order valence-corrected chi connectivity index (χ1v) is 6.98. The maximum atomic E-state index is 4.40. The van der Waals surface area contributed by atoms with E-state index in [1.807, 2.05) is 21.6 Å². The van der Waals surface area contributed by atoms with Gasteiger partial charge in [0.2, 0.25) is 0 Å². The summed E-state index contributed by atoms with van der Waals surface area (Å²) in [6.07, 6.45) is 0. The molecule has 0 aromatic heterocycles. The van der Waals surface area contributed by atoms with Gasteiger partial charge in [-0.2, -0.15) is 0 Å². The molecule has 34 valence electrons. The Kier molecular flexibility index (Phi) is 0.591. The van der Waals surface area contributed by atoms with Gasteiger partial charge < -0.3 is 0 Å². The molecule has 0 spiro atoms. The average molecular weight is 154 g/mol. The molecular weight excluding hydrogens is 151 g/mol. The van der Waals surface area contributed by atoms with Gasteiger partial charge in [-0.3, -0.25) is 0 Å². The van der Waals surface area contributed by atoms with Crippen LogP contribution in [0.1, 0.15) is 6.92 Å². The van der Waals surface area contributed by atoms with E-state index in [1.165, 1.54) is 0 Å². The van der Waals surface area contributed by atoms with Gasteiger partial charge in [0.1, 0.15) is 0 Å². The molecule has 0 N–H and O–H groups in total. The summed E-state index contributed by atoms with van der Waals surface area (Å²) in [4.78, 5) is 0. The molecule has 0 unspecified atom stereocenters. The molecule has 2 heterocycles. The van der Waals surface area contributed by atoms with Gasteiger partial charge in [0.15, 0.2) is 0 Å². The Morgan fingerprint density at radius 1 is 1.67 bits per heavy atom. The summed E-state index contributed by atoms with van der Waals surface area (Å²) in [5.41, 5.74) is 0. The summed E-state index contributed by atoms with van der Waals surface area (Å²) in [6, 6.07) is 0. The summed E-state index contributed by atoms with van der Waals surface area (Å²) in [5.74, 6) is 0. The SMILES string of the molecule is CC12SS1(#P)S2. The van der Waals surface area contributed by atoms with Gasteiger partial charge in [-0.15, -0.1) is 0 Å². The molecule has 4 heteroatoms.